The van der Waals surface area contributed by atoms with E-state index in [0.717, 1.165) is 61.9 Å². The number of primary amides is 1. The molecule has 1 aliphatic carbocycles. The molecule has 320 valence electrons. The van der Waals surface area contributed by atoms with Crippen molar-refractivity contribution in [3.63, 3.8) is 0 Å². The van der Waals surface area contributed by atoms with Gasteiger partial charge in [0.05, 0.1) is 17.4 Å². The minimum absolute atomic E-state index is 0.0129. The Morgan fingerprint density at radius 3 is 2.40 bits per heavy atom. The van der Waals surface area contributed by atoms with Gasteiger partial charge in [0, 0.05) is 67.9 Å². The summed E-state index contributed by atoms with van der Waals surface area (Å²) in [5.74, 6) is 6.02. The van der Waals surface area contributed by atoms with Gasteiger partial charge in [-0.2, -0.15) is 4.98 Å². The highest BCUT2D eigenvalue weighted by Gasteiger charge is 2.39. The number of hydrogen-bond donors (Lipinski definition) is 6. The lowest BCUT2D eigenvalue weighted by atomic mass is 9.89. The number of para-hydroxylation sites is 1. The van der Waals surface area contributed by atoms with Crippen molar-refractivity contribution in [2.45, 2.75) is 88.4 Å². The van der Waals surface area contributed by atoms with Crippen LogP contribution < -0.4 is 32.3 Å². The molecular formula is C46H49ClN10O5. The van der Waals surface area contributed by atoms with Crippen molar-refractivity contribution in [1.29, 1.82) is 0 Å². The lowest BCUT2D eigenvalue weighted by Gasteiger charge is -2.35. The Hall–Kier alpha value is -6.50. The minimum Gasteiger partial charge on any atom is -0.366 e. The van der Waals surface area contributed by atoms with Gasteiger partial charge in [-0.3, -0.25) is 24.5 Å². The van der Waals surface area contributed by atoms with Crippen LogP contribution in [0.2, 0.25) is 5.02 Å². The summed E-state index contributed by atoms with van der Waals surface area (Å²) >= 11 is 6.36. The zero-order valence-corrected chi connectivity index (χ0v) is 35.0. The van der Waals surface area contributed by atoms with Gasteiger partial charge in [-0.05, 0) is 98.4 Å². The fourth-order valence-corrected chi connectivity index (χ4v) is 8.88. The summed E-state index contributed by atoms with van der Waals surface area (Å²) in [5, 5.41) is 15.9. The fraction of sp³-hybridized carbons (Fsp3) is 0.370. The number of likely N-dealkylation sites (tertiary alicyclic amines) is 1. The molecule has 3 aliphatic heterocycles. The zero-order chi connectivity index (χ0) is 43.2. The summed E-state index contributed by atoms with van der Waals surface area (Å²) in [6, 6.07) is 20.4. The highest BCUT2D eigenvalue weighted by Crippen LogP contribution is 2.32. The van der Waals surface area contributed by atoms with Gasteiger partial charge in [0.25, 0.3) is 11.8 Å². The number of carbonyl (C=O) groups is 5. The number of carbonyl (C=O) groups excluding carboxylic acids is 5. The molecule has 1 unspecified atom stereocenters. The van der Waals surface area contributed by atoms with Crippen LogP contribution in [-0.4, -0.2) is 87.2 Å². The molecule has 2 saturated heterocycles. The van der Waals surface area contributed by atoms with Crippen molar-refractivity contribution < 1.29 is 24.0 Å². The van der Waals surface area contributed by atoms with Gasteiger partial charge in [0.1, 0.15) is 11.1 Å². The molecule has 15 nitrogen and oxygen atoms in total. The molecule has 1 atom stereocenters. The maximum atomic E-state index is 13.3. The molecule has 8 rings (SSSR count). The van der Waals surface area contributed by atoms with Crippen LogP contribution in [0.25, 0.3) is 0 Å². The van der Waals surface area contributed by atoms with Crippen molar-refractivity contribution in [2.24, 2.45) is 5.73 Å². The predicted octanol–water partition coefficient (Wildman–Crippen LogP) is 5.71. The summed E-state index contributed by atoms with van der Waals surface area (Å²) in [6.45, 7) is 2.44. The van der Waals surface area contributed by atoms with Crippen LogP contribution in [0.4, 0.5) is 27.9 Å². The molecule has 6 amide bonds. The maximum Gasteiger partial charge on any atom is 0.317 e. The number of nitrogens with one attached hydrogen (secondary N) is 5. The molecule has 4 aromatic rings. The third-order valence-corrected chi connectivity index (χ3v) is 12.4. The van der Waals surface area contributed by atoms with E-state index in [1.54, 1.807) is 35.2 Å². The van der Waals surface area contributed by atoms with E-state index in [1.807, 2.05) is 29.2 Å². The van der Waals surface area contributed by atoms with Gasteiger partial charge in [-0.25, -0.2) is 9.78 Å². The number of amides is 6. The Labute approximate surface area is 364 Å². The third-order valence-electron chi connectivity index (χ3n) is 12.2. The van der Waals surface area contributed by atoms with E-state index in [0.29, 0.717) is 78.0 Å². The second-order valence-corrected chi connectivity index (χ2v) is 16.6. The summed E-state index contributed by atoms with van der Waals surface area (Å²) in [7, 11) is 0. The lowest BCUT2D eigenvalue weighted by Crippen LogP contribution is -2.52. The molecule has 4 aliphatic rings. The zero-order valence-electron chi connectivity index (χ0n) is 34.2. The Morgan fingerprint density at radius 1 is 0.887 bits per heavy atom. The number of aromatic nitrogens is 2. The van der Waals surface area contributed by atoms with E-state index in [-0.39, 0.29) is 30.3 Å². The average Bonchev–Trinajstić information content (AvgIpc) is 3.61. The van der Waals surface area contributed by atoms with Crippen molar-refractivity contribution in [3.8, 4) is 11.8 Å². The number of rotatable bonds is 11. The maximum absolute atomic E-state index is 13.3. The van der Waals surface area contributed by atoms with Crippen LogP contribution in [-0.2, 0) is 16.1 Å². The first-order chi connectivity index (χ1) is 30.1. The van der Waals surface area contributed by atoms with E-state index in [1.165, 1.54) is 11.8 Å². The minimum atomic E-state index is -0.650. The number of nitrogens with zero attached hydrogens (tertiary/aromatic N) is 4. The quantitative estimate of drug-likeness (QED) is 0.0617. The molecule has 0 spiro atoms. The van der Waals surface area contributed by atoms with E-state index in [9.17, 15) is 24.0 Å². The topological polar surface area (TPSA) is 204 Å². The summed E-state index contributed by atoms with van der Waals surface area (Å²) in [6.07, 6.45) is 8.24. The number of anilines is 4. The summed E-state index contributed by atoms with van der Waals surface area (Å²) in [4.78, 5) is 74.6. The first kappa shape index (κ1) is 42.2. The summed E-state index contributed by atoms with van der Waals surface area (Å²) in [5.41, 5.74) is 10.5. The predicted molar refractivity (Wildman–Crippen MR) is 235 cm³/mol. The number of fused-ring (bicyclic) bond motifs is 1. The third kappa shape index (κ3) is 9.83. The van der Waals surface area contributed by atoms with Crippen molar-refractivity contribution in [3.05, 3.63) is 106 Å². The van der Waals surface area contributed by atoms with Crippen molar-refractivity contribution in [2.75, 3.05) is 30.3 Å². The molecule has 1 aromatic heterocycles. The molecule has 3 aromatic carbocycles. The van der Waals surface area contributed by atoms with Crippen LogP contribution >= 0.6 is 11.6 Å². The highest BCUT2D eigenvalue weighted by molar-refractivity contribution is 6.33. The number of nitrogens with two attached hydrogens (primary N) is 1. The molecule has 62 heavy (non-hydrogen) atoms. The number of piperidine rings is 2. The molecule has 4 heterocycles. The van der Waals surface area contributed by atoms with Gasteiger partial charge in [-0.15, -0.1) is 0 Å². The standard InChI is InChI=1S/C46H49ClN10O5/c47-37-26-50-45(55-42(37)53-38-10-2-1-8-35(38)41(48)59)51-32-13-11-28(12-14-32)29-21-24-56(25-22-29)46(62)52-33-17-15-31(16-18-33)49-23-4-3-6-30-7-5-9-34-36(30)27-57(44(34)61)39-19-20-40(58)54-43(39)60/h1-2,5,7-14,26,29,31,33,39,49H,4,15-25,27H2,(H2,48,59)(H,52,62)(H,54,58,60)(H2,50,51,53,55)/t31-,33+,39?. The van der Waals surface area contributed by atoms with Crippen molar-refractivity contribution >= 4 is 64.4 Å². The Morgan fingerprint density at radius 2 is 1.65 bits per heavy atom. The Balaban J connectivity index is 0.736. The number of benzene rings is 3. The normalized spacial score (nSPS) is 20.1. The smallest absolute Gasteiger partial charge is 0.317 e. The first-order valence-electron chi connectivity index (χ1n) is 21.2. The van der Waals surface area contributed by atoms with Crippen molar-refractivity contribution in [1.82, 2.24) is 35.7 Å². The monoisotopic (exact) mass is 856 g/mol. The van der Waals surface area contributed by atoms with Crippen LogP contribution in [0.1, 0.15) is 101 Å². The molecule has 0 radical (unpaired) electrons. The largest absolute Gasteiger partial charge is 0.366 e. The number of halogens is 1. The van der Waals surface area contributed by atoms with Crippen LogP contribution in [0.5, 0.6) is 0 Å². The molecule has 7 N–H and O–H groups in total. The van der Waals surface area contributed by atoms with E-state index < -0.39 is 17.9 Å². The van der Waals surface area contributed by atoms with Crippen LogP contribution in [0.15, 0.2) is 72.9 Å². The SMILES string of the molecule is NC(=O)c1ccccc1Nc1nc(Nc2ccc(C3CCN(C(=O)N[C@H]4CC[C@@H](NCCC#Cc5cccc6c5CN(C5CCC(=O)NC5=O)C6=O)CC4)CC3)cc2)ncc1Cl. The average molecular weight is 857 g/mol. The Bertz CT molecular complexity index is 2420. The second-order valence-electron chi connectivity index (χ2n) is 16.2. The molecular weight excluding hydrogens is 808 g/mol. The van der Waals surface area contributed by atoms with Crippen LogP contribution in [0.3, 0.4) is 0 Å². The number of imide groups is 1. The van der Waals surface area contributed by atoms with Crippen LogP contribution in [0, 0.1) is 11.8 Å². The van der Waals surface area contributed by atoms with Gasteiger partial charge in [-0.1, -0.05) is 53.8 Å². The van der Waals surface area contributed by atoms with Gasteiger partial charge < -0.3 is 36.8 Å². The number of urea groups is 1. The highest BCUT2D eigenvalue weighted by atomic mass is 35.5. The van der Waals surface area contributed by atoms with E-state index >= 15 is 0 Å². The summed E-state index contributed by atoms with van der Waals surface area (Å²) < 4.78 is 0. The second kappa shape index (κ2) is 19.0. The van der Waals surface area contributed by atoms with Gasteiger partial charge in [0.2, 0.25) is 17.8 Å². The van der Waals surface area contributed by atoms with E-state index in [2.05, 4.69) is 60.5 Å². The van der Waals surface area contributed by atoms with E-state index in [4.69, 9.17) is 17.3 Å². The van der Waals surface area contributed by atoms with Gasteiger partial charge in [0.15, 0.2) is 5.82 Å². The number of hydrogen-bond acceptors (Lipinski definition) is 10. The van der Waals surface area contributed by atoms with Gasteiger partial charge >= 0.3 is 6.03 Å². The lowest BCUT2D eigenvalue weighted by molar-refractivity contribution is -0.136. The first-order valence-corrected chi connectivity index (χ1v) is 21.6. The fourth-order valence-electron chi connectivity index (χ4n) is 8.74. The molecule has 0 bridgehead atoms. The molecule has 16 heteroatoms. The molecule has 1 saturated carbocycles. The molecule has 3 fully saturated rings. The Kier molecular flexibility index (Phi) is 13.0.